The minimum Gasteiger partial charge on any atom is -0.345 e. The standard InChI is InChI=1S/C16H19ClN2O2/c1-19(2)16(21)9-3-4-13(17)14(8-9)18-15(20)12-6-10-5-11(10)7-12/h3-4,8,10-12H,5-7H2,1-2H3,(H,18,20). The van der Waals surface area contributed by atoms with Crippen molar-refractivity contribution >= 4 is 29.1 Å². The molecule has 1 N–H and O–H groups in total. The quantitative estimate of drug-likeness (QED) is 0.933. The lowest BCUT2D eigenvalue weighted by Gasteiger charge is -2.15. The van der Waals surface area contributed by atoms with Gasteiger partial charge in [0.15, 0.2) is 0 Å². The van der Waals surface area contributed by atoms with Gasteiger partial charge >= 0.3 is 0 Å². The highest BCUT2D eigenvalue weighted by Crippen LogP contribution is 2.54. The molecule has 0 radical (unpaired) electrons. The summed E-state index contributed by atoms with van der Waals surface area (Å²) in [5, 5.41) is 3.35. The molecule has 21 heavy (non-hydrogen) atoms. The molecule has 1 aromatic carbocycles. The third kappa shape index (κ3) is 2.91. The average Bonchev–Trinajstić information content (AvgIpc) is 3.06. The number of carbonyl (C=O) groups is 2. The second-order valence-corrected chi connectivity index (χ2v) is 6.71. The molecule has 5 heteroatoms. The number of hydrogen-bond donors (Lipinski definition) is 1. The minimum atomic E-state index is -0.107. The summed E-state index contributed by atoms with van der Waals surface area (Å²) >= 11 is 6.13. The summed E-state index contributed by atoms with van der Waals surface area (Å²) in [6, 6.07) is 4.98. The molecular weight excluding hydrogens is 288 g/mol. The Hall–Kier alpha value is -1.55. The lowest BCUT2D eigenvalue weighted by Crippen LogP contribution is -2.23. The molecule has 3 rings (SSSR count). The Morgan fingerprint density at radius 2 is 1.86 bits per heavy atom. The maximum absolute atomic E-state index is 12.3. The van der Waals surface area contributed by atoms with Gasteiger partial charge in [-0.15, -0.1) is 0 Å². The molecular formula is C16H19ClN2O2. The Kier molecular flexibility index (Phi) is 3.66. The van der Waals surface area contributed by atoms with E-state index in [1.807, 2.05) is 0 Å². The third-order valence-electron chi connectivity index (χ3n) is 4.49. The van der Waals surface area contributed by atoms with Crippen molar-refractivity contribution in [3.05, 3.63) is 28.8 Å². The van der Waals surface area contributed by atoms with Crippen molar-refractivity contribution in [1.82, 2.24) is 4.90 Å². The van der Waals surface area contributed by atoms with E-state index in [0.29, 0.717) is 16.3 Å². The molecule has 2 unspecified atom stereocenters. The van der Waals surface area contributed by atoms with Gasteiger partial charge < -0.3 is 10.2 Å². The van der Waals surface area contributed by atoms with Gasteiger partial charge in [0.05, 0.1) is 10.7 Å². The summed E-state index contributed by atoms with van der Waals surface area (Å²) < 4.78 is 0. The molecule has 0 aliphatic heterocycles. The molecule has 0 saturated heterocycles. The van der Waals surface area contributed by atoms with Crippen molar-refractivity contribution in [2.75, 3.05) is 19.4 Å². The molecule has 0 bridgehead atoms. The molecule has 0 spiro atoms. The Labute approximate surface area is 129 Å². The van der Waals surface area contributed by atoms with E-state index < -0.39 is 0 Å². The van der Waals surface area contributed by atoms with Crippen LogP contribution in [0.5, 0.6) is 0 Å². The zero-order valence-electron chi connectivity index (χ0n) is 12.2. The monoisotopic (exact) mass is 306 g/mol. The van der Waals surface area contributed by atoms with Gasteiger partial charge in [0.1, 0.15) is 0 Å². The van der Waals surface area contributed by atoms with Crippen LogP contribution in [0.2, 0.25) is 5.02 Å². The van der Waals surface area contributed by atoms with E-state index in [1.54, 1.807) is 32.3 Å². The van der Waals surface area contributed by atoms with Gasteiger partial charge in [-0.3, -0.25) is 9.59 Å². The molecule has 2 amide bonds. The lowest BCUT2D eigenvalue weighted by atomic mass is 10.0. The van der Waals surface area contributed by atoms with E-state index in [1.165, 1.54) is 11.3 Å². The molecule has 2 saturated carbocycles. The highest BCUT2D eigenvalue weighted by Gasteiger charge is 2.48. The van der Waals surface area contributed by atoms with E-state index >= 15 is 0 Å². The van der Waals surface area contributed by atoms with Crippen molar-refractivity contribution in [3.63, 3.8) is 0 Å². The summed E-state index contributed by atoms with van der Waals surface area (Å²) in [5.74, 6) is 1.54. The second-order valence-electron chi connectivity index (χ2n) is 6.31. The SMILES string of the molecule is CN(C)C(=O)c1ccc(Cl)c(NC(=O)C2CC3CC3C2)c1. The van der Waals surface area contributed by atoms with Crippen LogP contribution in [-0.4, -0.2) is 30.8 Å². The first-order valence-electron chi connectivity index (χ1n) is 7.27. The normalized spacial score (nSPS) is 26.1. The van der Waals surface area contributed by atoms with Crippen LogP contribution < -0.4 is 5.32 Å². The number of anilines is 1. The molecule has 2 fully saturated rings. The summed E-state index contributed by atoms with van der Waals surface area (Å²) in [6.45, 7) is 0. The molecule has 0 heterocycles. The smallest absolute Gasteiger partial charge is 0.253 e. The molecule has 2 atom stereocenters. The van der Waals surface area contributed by atoms with Crippen LogP contribution in [-0.2, 0) is 4.79 Å². The number of hydrogen-bond acceptors (Lipinski definition) is 2. The number of nitrogens with zero attached hydrogens (tertiary/aromatic N) is 1. The Balaban J connectivity index is 1.73. The van der Waals surface area contributed by atoms with Gasteiger partial charge in [-0.25, -0.2) is 0 Å². The predicted molar refractivity (Wildman–Crippen MR) is 82.4 cm³/mol. The van der Waals surface area contributed by atoms with E-state index in [-0.39, 0.29) is 17.7 Å². The second kappa shape index (κ2) is 5.34. The van der Waals surface area contributed by atoms with E-state index in [4.69, 9.17) is 11.6 Å². The molecule has 112 valence electrons. The van der Waals surface area contributed by atoms with Crippen molar-refractivity contribution in [2.24, 2.45) is 17.8 Å². The zero-order valence-corrected chi connectivity index (χ0v) is 13.0. The summed E-state index contributed by atoms with van der Waals surface area (Å²) in [6.07, 6.45) is 3.27. The fraction of sp³-hybridized carbons (Fsp3) is 0.500. The number of benzene rings is 1. The highest BCUT2D eigenvalue weighted by atomic mass is 35.5. The van der Waals surface area contributed by atoms with Gasteiger partial charge in [0.25, 0.3) is 5.91 Å². The first-order chi connectivity index (χ1) is 9.95. The number of nitrogens with one attached hydrogen (secondary N) is 1. The largest absolute Gasteiger partial charge is 0.345 e. The van der Waals surface area contributed by atoms with Crippen molar-refractivity contribution < 1.29 is 9.59 Å². The fourth-order valence-corrected chi connectivity index (χ4v) is 3.34. The Morgan fingerprint density at radius 1 is 1.19 bits per heavy atom. The van der Waals surface area contributed by atoms with Crippen LogP contribution >= 0.6 is 11.6 Å². The fourth-order valence-electron chi connectivity index (χ4n) is 3.18. The maximum atomic E-state index is 12.3. The maximum Gasteiger partial charge on any atom is 0.253 e. The van der Waals surface area contributed by atoms with E-state index in [0.717, 1.165) is 24.7 Å². The van der Waals surface area contributed by atoms with Crippen LogP contribution in [0.4, 0.5) is 5.69 Å². The highest BCUT2D eigenvalue weighted by molar-refractivity contribution is 6.33. The number of amides is 2. The van der Waals surface area contributed by atoms with Crippen molar-refractivity contribution in [2.45, 2.75) is 19.3 Å². The van der Waals surface area contributed by atoms with Crippen LogP contribution in [0.1, 0.15) is 29.6 Å². The van der Waals surface area contributed by atoms with Crippen LogP contribution in [0, 0.1) is 17.8 Å². The molecule has 1 aromatic rings. The van der Waals surface area contributed by atoms with Crippen molar-refractivity contribution in [1.29, 1.82) is 0 Å². The van der Waals surface area contributed by atoms with Crippen LogP contribution in [0.15, 0.2) is 18.2 Å². The predicted octanol–water partition coefficient (Wildman–Crippen LogP) is 3.03. The first kappa shape index (κ1) is 14.4. The summed E-state index contributed by atoms with van der Waals surface area (Å²) in [7, 11) is 3.39. The molecule has 2 aliphatic carbocycles. The zero-order chi connectivity index (χ0) is 15.1. The summed E-state index contributed by atoms with van der Waals surface area (Å²) in [5.41, 5.74) is 1.05. The van der Waals surface area contributed by atoms with Crippen LogP contribution in [0.3, 0.4) is 0 Å². The first-order valence-corrected chi connectivity index (χ1v) is 7.65. The third-order valence-corrected chi connectivity index (χ3v) is 4.82. The summed E-state index contributed by atoms with van der Waals surface area (Å²) in [4.78, 5) is 25.8. The topological polar surface area (TPSA) is 49.4 Å². The molecule has 2 aliphatic rings. The van der Waals surface area contributed by atoms with Crippen molar-refractivity contribution in [3.8, 4) is 0 Å². The van der Waals surface area contributed by atoms with Gasteiger partial charge in [0, 0.05) is 25.6 Å². The van der Waals surface area contributed by atoms with Gasteiger partial charge in [0.2, 0.25) is 5.91 Å². The van der Waals surface area contributed by atoms with E-state index in [2.05, 4.69) is 5.32 Å². The molecule has 4 nitrogen and oxygen atoms in total. The number of carbonyl (C=O) groups excluding carboxylic acids is 2. The van der Waals surface area contributed by atoms with Gasteiger partial charge in [-0.05, 0) is 49.3 Å². The molecule has 0 aromatic heterocycles. The number of halogens is 1. The number of fused-ring (bicyclic) bond motifs is 1. The van der Waals surface area contributed by atoms with Crippen LogP contribution in [0.25, 0.3) is 0 Å². The van der Waals surface area contributed by atoms with Gasteiger partial charge in [-0.2, -0.15) is 0 Å². The minimum absolute atomic E-state index is 0.0264. The van der Waals surface area contributed by atoms with E-state index in [9.17, 15) is 9.59 Å². The lowest BCUT2D eigenvalue weighted by molar-refractivity contribution is -0.120. The van der Waals surface area contributed by atoms with Gasteiger partial charge in [-0.1, -0.05) is 11.6 Å². The number of rotatable bonds is 3. The Morgan fingerprint density at radius 3 is 2.48 bits per heavy atom. The Bertz CT molecular complexity index is 590. The average molecular weight is 307 g/mol.